The van der Waals surface area contributed by atoms with Gasteiger partial charge in [0, 0.05) is 51.9 Å². The molecule has 3 amide bonds. The maximum absolute atomic E-state index is 14.5. The fourth-order valence-electron chi connectivity index (χ4n) is 6.07. The molecule has 0 spiro atoms. The van der Waals surface area contributed by atoms with E-state index in [0.29, 0.717) is 32.4 Å². The molecule has 3 atom stereocenters. The second-order valence-electron chi connectivity index (χ2n) is 12.3. The van der Waals surface area contributed by atoms with Crippen LogP contribution in [0.5, 0.6) is 0 Å². The molecular weight excluding hydrogens is 590 g/mol. The molecule has 0 saturated carbocycles. The third kappa shape index (κ3) is 9.47. The summed E-state index contributed by atoms with van der Waals surface area (Å²) in [5, 5.41) is 8.58. The van der Waals surface area contributed by atoms with Gasteiger partial charge in [-0.25, -0.2) is 0 Å². The quantitative estimate of drug-likeness (QED) is 0.206. The molecule has 1 aromatic heterocycles. The lowest BCUT2D eigenvalue weighted by Crippen LogP contribution is -2.56. The molecule has 0 unspecified atom stereocenters. The third-order valence-electron chi connectivity index (χ3n) is 8.95. The van der Waals surface area contributed by atoms with Gasteiger partial charge in [-0.3, -0.25) is 19.4 Å². The van der Waals surface area contributed by atoms with Gasteiger partial charge in [-0.2, -0.15) is 0 Å². The van der Waals surface area contributed by atoms with E-state index in [1.807, 2.05) is 78.9 Å². The van der Waals surface area contributed by atoms with E-state index in [-0.39, 0.29) is 30.4 Å². The summed E-state index contributed by atoms with van der Waals surface area (Å²) in [5.41, 5.74) is 2.92. The second kappa shape index (κ2) is 16.8. The molecule has 9 nitrogen and oxygen atoms in total. The van der Waals surface area contributed by atoms with Crippen molar-refractivity contribution in [1.29, 1.82) is 0 Å². The van der Waals surface area contributed by atoms with E-state index in [4.69, 9.17) is 4.74 Å². The van der Waals surface area contributed by atoms with E-state index in [1.54, 1.807) is 26.5 Å². The van der Waals surface area contributed by atoms with Crippen LogP contribution < -0.4 is 10.6 Å². The number of amides is 3. The Morgan fingerprint density at radius 2 is 1.57 bits per heavy atom. The largest absolute Gasteiger partial charge is 0.370 e. The molecule has 4 aromatic rings. The Kier molecular flexibility index (Phi) is 12.1. The van der Waals surface area contributed by atoms with Crippen molar-refractivity contribution in [2.45, 2.75) is 50.2 Å². The molecule has 0 aliphatic carbocycles. The summed E-state index contributed by atoms with van der Waals surface area (Å²) in [4.78, 5) is 48.8. The Morgan fingerprint density at radius 3 is 2.32 bits per heavy atom. The third-order valence-corrected chi connectivity index (χ3v) is 8.95. The number of benzene rings is 3. The Bertz CT molecular complexity index is 1610. The van der Waals surface area contributed by atoms with E-state index in [2.05, 4.69) is 21.7 Å². The first-order valence-corrected chi connectivity index (χ1v) is 16.4. The highest BCUT2D eigenvalue weighted by molar-refractivity contribution is 5.92. The molecular formula is C38H45N5O4. The van der Waals surface area contributed by atoms with Crippen LogP contribution >= 0.6 is 0 Å². The van der Waals surface area contributed by atoms with Crippen LogP contribution in [0.15, 0.2) is 97.3 Å². The molecule has 246 valence electrons. The van der Waals surface area contributed by atoms with Crippen molar-refractivity contribution in [3.05, 3.63) is 114 Å². The number of ether oxygens (including phenoxy) is 1. The number of aromatic nitrogens is 1. The van der Waals surface area contributed by atoms with Gasteiger partial charge >= 0.3 is 0 Å². The molecule has 0 radical (unpaired) electrons. The van der Waals surface area contributed by atoms with Crippen LogP contribution in [0, 0.1) is 0 Å². The van der Waals surface area contributed by atoms with Gasteiger partial charge in [0.1, 0.15) is 18.7 Å². The van der Waals surface area contributed by atoms with Crippen LogP contribution in [0.1, 0.15) is 29.5 Å². The van der Waals surface area contributed by atoms with Crippen molar-refractivity contribution in [1.82, 2.24) is 25.4 Å². The van der Waals surface area contributed by atoms with Crippen LogP contribution in [0.25, 0.3) is 10.8 Å². The van der Waals surface area contributed by atoms with Gasteiger partial charge in [-0.15, -0.1) is 0 Å². The van der Waals surface area contributed by atoms with Crippen molar-refractivity contribution < 1.29 is 19.1 Å². The molecule has 1 fully saturated rings. The van der Waals surface area contributed by atoms with Crippen molar-refractivity contribution in [2.75, 3.05) is 40.4 Å². The summed E-state index contributed by atoms with van der Waals surface area (Å²) in [7, 11) is 3.31. The predicted octanol–water partition coefficient (Wildman–Crippen LogP) is 3.80. The Labute approximate surface area is 277 Å². The van der Waals surface area contributed by atoms with Crippen molar-refractivity contribution in [3.8, 4) is 0 Å². The number of carbonyl (C=O) groups is 3. The molecule has 0 bridgehead atoms. The lowest BCUT2D eigenvalue weighted by atomic mass is 9.98. The van der Waals surface area contributed by atoms with E-state index in [1.165, 1.54) is 9.80 Å². The summed E-state index contributed by atoms with van der Waals surface area (Å²) >= 11 is 0. The summed E-state index contributed by atoms with van der Waals surface area (Å²) in [5.74, 6) is -0.835. The Balaban J connectivity index is 1.35. The summed E-state index contributed by atoms with van der Waals surface area (Å²) in [6.07, 6.45) is 6.84. The number of carbonyl (C=O) groups excluding carboxylic acids is 3. The molecule has 1 aliphatic heterocycles. The van der Waals surface area contributed by atoms with Crippen molar-refractivity contribution >= 4 is 28.5 Å². The standard InChI is InChI=1S/C38H45N5O4/c1-42(36(44)27-47-26-33-13-8-19-40-33)35(25-30-14-15-31-11-6-7-12-32(31)23-30)38(46)43(2)34(24-29-9-4-3-5-10-29)37(45)41-22-18-28-16-20-39-21-17-28/h3-7,9-12,14-17,20-21,23,33-35,40H,8,13,18-19,22,24-27H2,1-2H3,(H,41,45)/t33-,34-,35-/m1/s1. The average Bonchev–Trinajstić information content (AvgIpc) is 3.63. The zero-order valence-electron chi connectivity index (χ0n) is 27.3. The lowest BCUT2D eigenvalue weighted by Gasteiger charge is -2.34. The summed E-state index contributed by atoms with van der Waals surface area (Å²) in [6, 6.07) is 26.3. The Morgan fingerprint density at radius 1 is 0.851 bits per heavy atom. The van der Waals surface area contributed by atoms with E-state index in [0.717, 1.165) is 46.8 Å². The predicted molar refractivity (Wildman–Crippen MR) is 184 cm³/mol. The van der Waals surface area contributed by atoms with Crippen molar-refractivity contribution in [3.63, 3.8) is 0 Å². The highest BCUT2D eigenvalue weighted by Crippen LogP contribution is 2.20. The zero-order chi connectivity index (χ0) is 33.0. The topological polar surface area (TPSA) is 104 Å². The normalized spacial score (nSPS) is 15.6. The number of hydrogen-bond acceptors (Lipinski definition) is 6. The molecule has 2 N–H and O–H groups in total. The molecule has 2 heterocycles. The molecule has 47 heavy (non-hydrogen) atoms. The lowest BCUT2D eigenvalue weighted by molar-refractivity contribution is -0.149. The molecule has 1 aliphatic rings. The first-order chi connectivity index (χ1) is 22.9. The van der Waals surface area contributed by atoms with Gasteiger partial charge in [-0.1, -0.05) is 72.8 Å². The van der Waals surface area contributed by atoms with Gasteiger partial charge in [0.25, 0.3) is 0 Å². The zero-order valence-corrected chi connectivity index (χ0v) is 27.3. The van der Waals surface area contributed by atoms with Crippen molar-refractivity contribution in [2.24, 2.45) is 0 Å². The monoisotopic (exact) mass is 635 g/mol. The van der Waals surface area contributed by atoms with E-state index in [9.17, 15) is 14.4 Å². The maximum Gasteiger partial charge on any atom is 0.249 e. The number of fused-ring (bicyclic) bond motifs is 1. The SMILES string of the molecule is CN(C(=O)COC[C@H]1CCCN1)[C@H](Cc1ccc2ccccc2c1)C(=O)N(C)[C@H](Cc1ccccc1)C(=O)NCCc1ccncc1. The van der Waals surface area contributed by atoms with Crippen LogP contribution in [0.4, 0.5) is 0 Å². The van der Waals surface area contributed by atoms with Gasteiger partial charge in [0.05, 0.1) is 6.61 Å². The van der Waals surface area contributed by atoms with Crippen LogP contribution in [0.2, 0.25) is 0 Å². The number of nitrogens with one attached hydrogen (secondary N) is 2. The minimum absolute atomic E-state index is 0.122. The number of likely N-dealkylation sites (N-methyl/N-ethyl adjacent to an activating group) is 2. The maximum atomic E-state index is 14.5. The second-order valence-corrected chi connectivity index (χ2v) is 12.3. The summed E-state index contributed by atoms with van der Waals surface area (Å²) in [6.45, 7) is 1.70. The number of rotatable bonds is 15. The van der Waals surface area contributed by atoms with E-state index >= 15 is 0 Å². The van der Waals surface area contributed by atoms with Crippen LogP contribution in [-0.4, -0.2) is 91.0 Å². The highest BCUT2D eigenvalue weighted by atomic mass is 16.5. The molecule has 5 rings (SSSR count). The highest BCUT2D eigenvalue weighted by Gasteiger charge is 2.35. The fourth-order valence-corrected chi connectivity index (χ4v) is 6.07. The van der Waals surface area contributed by atoms with Crippen LogP contribution in [-0.2, 0) is 38.4 Å². The molecule has 3 aromatic carbocycles. The number of hydrogen-bond donors (Lipinski definition) is 2. The minimum Gasteiger partial charge on any atom is -0.370 e. The molecule has 1 saturated heterocycles. The first-order valence-electron chi connectivity index (χ1n) is 16.4. The molecule has 9 heteroatoms. The summed E-state index contributed by atoms with van der Waals surface area (Å²) < 4.78 is 5.80. The van der Waals surface area contributed by atoms with Gasteiger partial charge in [0.2, 0.25) is 17.7 Å². The fraction of sp³-hybridized carbons (Fsp3) is 0.368. The van der Waals surface area contributed by atoms with Gasteiger partial charge in [0.15, 0.2) is 0 Å². The minimum atomic E-state index is -0.843. The Hall–Kier alpha value is -4.60. The number of pyridine rings is 1. The van der Waals surface area contributed by atoms with E-state index < -0.39 is 12.1 Å². The van der Waals surface area contributed by atoms with Gasteiger partial charge < -0.3 is 25.2 Å². The first kappa shape index (κ1) is 33.8. The van der Waals surface area contributed by atoms with Crippen LogP contribution in [0.3, 0.4) is 0 Å². The number of nitrogens with zero attached hydrogens (tertiary/aromatic N) is 3. The average molecular weight is 636 g/mol. The van der Waals surface area contributed by atoms with Gasteiger partial charge in [-0.05, 0) is 65.4 Å². The smallest absolute Gasteiger partial charge is 0.249 e.